The highest BCUT2D eigenvalue weighted by molar-refractivity contribution is 7.41. The predicted octanol–water partition coefficient (Wildman–Crippen LogP) is 2.53. The Kier molecular flexibility index (Phi) is 11.4. The van der Waals surface area contributed by atoms with E-state index in [1.54, 1.807) is 27.7 Å². The molecule has 0 radical (unpaired) electrons. The van der Waals surface area contributed by atoms with Gasteiger partial charge in [0.05, 0.1) is 24.9 Å². The van der Waals surface area contributed by atoms with Gasteiger partial charge in [-0.3, -0.25) is 23.4 Å². The normalized spacial score (nSPS) is 17.9. The molecule has 0 aromatic carbocycles. The molecule has 1 N–H and O–H groups in total. The van der Waals surface area contributed by atoms with Gasteiger partial charge in [0.25, 0.3) is 5.56 Å². The predicted molar refractivity (Wildman–Crippen MR) is 115 cm³/mol. The molecule has 0 spiro atoms. The molecule has 2 unspecified atom stereocenters. The minimum Gasteiger partial charge on any atom is -0.432 e. The first-order valence-electron chi connectivity index (χ1n) is 10.5. The summed E-state index contributed by atoms with van der Waals surface area (Å²) in [5.41, 5.74) is -1.08. The second-order valence-corrected chi connectivity index (χ2v) is 8.66. The zero-order chi connectivity index (χ0) is 25.1. The number of ether oxygens (including phenoxy) is 5. The minimum absolute atomic E-state index is 0.00713. The van der Waals surface area contributed by atoms with Crippen molar-refractivity contribution in [1.29, 1.82) is 0 Å². The van der Waals surface area contributed by atoms with E-state index in [4.69, 9.17) is 37.3 Å². The number of nitrogens with one attached hydrogen (secondary N) is 1. The van der Waals surface area contributed by atoms with Crippen LogP contribution in [-0.2, 0) is 37.3 Å². The Labute approximate surface area is 196 Å². The minimum atomic E-state index is -2.12. The SMILES string of the molecule is CC(C)OC(=O)OCOP(OCOC(=O)OC(C)C)OCC1CCC(n2ccc(=O)[nH]c2=O)O1. The Morgan fingerprint density at radius 1 is 1.03 bits per heavy atom. The summed E-state index contributed by atoms with van der Waals surface area (Å²) in [5, 5.41) is 0. The summed E-state index contributed by atoms with van der Waals surface area (Å²) in [6.07, 6.45) is -1.19. The number of rotatable bonds is 12. The van der Waals surface area contributed by atoms with Crippen LogP contribution in [0.1, 0.15) is 46.8 Å². The van der Waals surface area contributed by atoms with Crippen LogP contribution >= 0.6 is 8.60 Å². The van der Waals surface area contributed by atoms with Gasteiger partial charge in [0.2, 0.25) is 13.6 Å². The van der Waals surface area contributed by atoms with E-state index in [2.05, 4.69) is 4.98 Å². The molecule has 0 saturated carbocycles. The lowest BCUT2D eigenvalue weighted by molar-refractivity contribution is -0.0479. The summed E-state index contributed by atoms with van der Waals surface area (Å²) in [6.45, 7) is 5.57. The Morgan fingerprint density at radius 3 is 2.15 bits per heavy atom. The third-order valence-corrected chi connectivity index (χ3v) is 4.94. The lowest BCUT2D eigenvalue weighted by atomic mass is 10.2. The van der Waals surface area contributed by atoms with Gasteiger partial charge in [-0.15, -0.1) is 0 Å². The molecular formula is C19H29N2O12P. The molecule has 1 saturated heterocycles. The Hall–Kier alpha value is -2.51. The van der Waals surface area contributed by atoms with Crippen LogP contribution in [0.5, 0.6) is 0 Å². The monoisotopic (exact) mass is 508 g/mol. The molecular weight excluding hydrogens is 479 g/mol. The van der Waals surface area contributed by atoms with E-state index < -0.39 is 58.1 Å². The number of hydrogen-bond acceptors (Lipinski definition) is 12. The molecule has 0 aliphatic carbocycles. The average molecular weight is 508 g/mol. The van der Waals surface area contributed by atoms with E-state index in [0.717, 1.165) is 0 Å². The van der Waals surface area contributed by atoms with Crippen molar-refractivity contribution in [2.75, 3.05) is 20.2 Å². The summed E-state index contributed by atoms with van der Waals surface area (Å²) in [7, 11) is -2.12. The maximum absolute atomic E-state index is 11.9. The zero-order valence-corrected chi connectivity index (χ0v) is 20.2. The van der Waals surface area contributed by atoms with Crippen molar-refractivity contribution in [3.63, 3.8) is 0 Å². The number of hydrogen-bond donors (Lipinski definition) is 1. The molecule has 15 heteroatoms. The summed E-state index contributed by atoms with van der Waals surface area (Å²) in [5.74, 6) is 0. The van der Waals surface area contributed by atoms with Gasteiger partial charge >= 0.3 is 26.6 Å². The van der Waals surface area contributed by atoms with Crippen molar-refractivity contribution in [2.45, 2.75) is 65.1 Å². The average Bonchev–Trinajstić information content (AvgIpc) is 3.19. The molecule has 2 heterocycles. The van der Waals surface area contributed by atoms with E-state index >= 15 is 0 Å². The molecule has 1 aromatic heterocycles. The van der Waals surface area contributed by atoms with Gasteiger partial charge in [0, 0.05) is 12.3 Å². The second-order valence-electron chi connectivity index (χ2n) is 7.44. The lowest BCUT2D eigenvalue weighted by Gasteiger charge is -2.19. The first kappa shape index (κ1) is 27.7. The van der Waals surface area contributed by atoms with Crippen LogP contribution in [0.4, 0.5) is 9.59 Å². The van der Waals surface area contributed by atoms with Crippen LogP contribution in [0.25, 0.3) is 0 Å². The highest BCUT2D eigenvalue weighted by Gasteiger charge is 2.29. The molecule has 1 aliphatic heterocycles. The topological polar surface area (TPSA) is 163 Å². The largest absolute Gasteiger partial charge is 0.510 e. The standard InChI is InChI=1S/C19H29N2O12P/c1-12(2)31-18(24)26-10-29-34(30-11-27-19(25)32-13(3)4)28-9-14-5-6-16(33-14)21-8-7-15(22)20-17(21)23/h7-8,12-14,16H,5-6,9-11H2,1-4H3,(H,20,22,23). The maximum atomic E-state index is 11.9. The molecule has 0 amide bonds. The first-order chi connectivity index (χ1) is 16.1. The van der Waals surface area contributed by atoms with Crippen LogP contribution in [0, 0.1) is 0 Å². The summed E-state index contributed by atoms with van der Waals surface area (Å²) in [6, 6.07) is 1.23. The van der Waals surface area contributed by atoms with Crippen molar-refractivity contribution in [1.82, 2.24) is 9.55 Å². The highest BCUT2D eigenvalue weighted by atomic mass is 31.2. The van der Waals surface area contributed by atoms with Gasteiger partial charge in [0.15, 0.2) is 0 Å². The third-order valence-electron chi connectivity index (χ3n) is 3.95. The van der Waals surface area contributed by atoms with E-state index in [1.807, 2.05) is 0 Å². The van der Waals surface area contributed by atoms with Crippen LogP contribution < -0.4 is 11.2 Å². The molecule has 0 bridgehead atoms. The Bertz CT molecular complexity index is 874. The summed E-state index contributed by atoms with van der Waals surface area (Å²) in [4.78, 5) is 48.3. The fourth-order valence-corrected chi connectivity index (χ4v) is 3.40. The van der Waals surface area contributed by atoms with Gasteiger partial charge in [-0.25, -0.2) is 14.4 Å². The van der Waals surface area contributed by atoms with Crippen molar-refractivity contribution >= 4 is 20.9 Å². The molecule has 2 rings (SSSR count). The smallest absolute Gasteiger partial charge is 0.432 e. The maximum Gasteiger partial charge on any atom is 0.510 e. The first-order valence-corrected chi connectivity index (χ1v) is 11.6. The number of nitrogens with zero attached hydrogens (tertiary/aromatic N) is 1. The van der Waals surface area contributed by atoms with E-state index in [-0.39, 0.29) is 18.8 Å². The van der Waals surface area contributed by atoms with Crippen molar-refractivity contribution in [3.05, 3.63) is 33.1 Å². The Morgan fingerprint density at radius 2 is 1.62 bits per heavy atom. The summed E-state index contributed by atoms with van der Waals surface area (Å²) < 4.78 is 42.4. The fourth-order valence-electron chi connectivity index (χ4n) is 2.61. The van der Waals surface area contributed by atoms with E-state index in [0.29, 0.717) is 12.8 Å². The molecule has 1 aromatic rings. The third kappa shape index (κ3) is 10.2. The molecule has 14 nitrogen and oxygen atoms in total. The van der Waals surface area contributed by atoms with Gasteiger partial charge in [-0.05, 0) is 40.5 Å². The van der Waals surface area contributed by atoms with Gasteiger partial charge in [-0.1, -0.05) is 0 Å². The molecule has 1 fully saturated rings. The summed E-state index contributed by atoms with van der Waals surface area (Å²) >= 11 is 0. The van der Waals surface area contributed by atoms with E-state index in [1.165, 1.54) is 16.8 Å². The lowest BCUT2D eigenvalue weighted by Crippen LogP contribution is -2.31. The Balaban J connectivity index is 1.84. The zero-order valence-electron chi connectivity index (χ0n) is 19.3. The van der Waals surface area contributed by atoms with Crippen molar-refractivity contribution in [2.24, 2.45) is 0 Å². The molecule has 34 heavy (non-hydrogen) atoms. The van der Waals surface area contributed by atoms with Gasteiger partial charge in [0.1, 0.15) is 6.23 Å². The van der Waals surface area contributed by atoms with Crippen LogP contribution in [0.3, 0.4) is 0 Å². The molecule has 192 valence electrons. The number of carbonyl (C=O) groups is 2. The number of aromatic amines is 1. The van der Waals surface area contributed by atoms with Crippen molar-refractivity contribution in [3.8, 4) is 0 Å². The highest BCUT2D eigenvalue weighted by Crippen LogP contribution is 2.41. The van der Waals surface area contributed by atoms with Crippen LogP contribution in [0.2, 0.25) is 0 Å². The quantitative estimate of drug-likeness (QED) is 0.250. The number of aromatic nitrogens is 2. The van der Waals surface area contributed by atoms with E-state index in [9.17, 15) is 19.2 Å². The van der Waals surface area contributed by atoms with Gasteiger partial charge < -0.3 is 28.2 Å². The molecule has 2 atom stereocenters. The van der Waals surface area contributed by atoms with Gasteiger partial charge in [-0.2, -0.15) is 0 Å². The van der Waals surface area contributed by atoms with Crippen molar-refractivity contribution < 1.29 is 46.8 Å². The number of carbonyl (C=O) groups excluding carboxylic acids is 2. The van der Waals surface area contributed by atoms with Crippen LogP contribution in [-0.4, -0.2) is 60.4 Å². The van der Waals surface area contributed by atoms with Crippen LogP contribution in [0.15, 0.2) is 21.9 Å². The second kappa shape index (κ2) is 14.0. The molecule has 1 aliphatic rings. The number of H-pyrrole nitrogens is 1. The fraction of sp³-hybridized carbons (Fsp3) is 0.684.